The lowest BCUT2D eigenvalue weighted by Crippen LogP contribution is -2.58. The van der Waals surface area contributed by atoms with Gasteiger partial charge in [-0.05, 0) is 55.4 Å². The summed E-state index contributed by atoms with van der Waals surface area (Å²) in [5.41, 5.74) is 0. The van der Waals surface area contributed by atoms with Crippen molar-refractivity contribution in [1.29, 1.82) is 0 Å². The average molecular weight is 670 g/mol. The molecule has 0 saturated carbocycles. The van der Waals surface area contributed by atoms with Crippen LogP contribution in [0.2, 0.25) is 0 Å². The first kappa shape index (κ1) is 42.3. The number of hydrogen-bond donors (Lipinski definition) is 1. The quantitative estimate of drug-likeness (QED) is 0.300. The van der Waals surface area contributed by atoms with Crippen LogP contribution in [0.15, 0.2) is 0 Å². The van der Waals surface area contributed by atoms with Crippen molar-refractivity contribution in [2.24, 2.45) is 35.5 Å². The summed E-state index contributed by atoms with van der Waals surface area (Å²) >= 11 is 0. The molecule has 12 heteroatoms. The molecule has 0 spiro atoms. The molecule has 1 aliphatic rings. The van der Waals surface area contributed by atoms with Crippen LogP contribution < -0.4 is 0 Å². The third-order valence-electron chi connectivity index (χ3n) is 9.09. The Labute approximate surface area is 282 Å². The first-order valence-corrected chi connectivity index (χ1v) is 17.1. The number of amides is 2. The van der Waals surface area contributed by atoms with Crippen molar-refractivity contribution in [3.05, 3.63) is 0 Å². The zero-order chi connectivity index (χ0) is 36.7. The number of esters is 3. The zero-order valence-electron chi connectivity index (χ0n) is 31.5. The molecule has 1 saturated heterocycles. The summed E-state index contributed by atoms with van der Waals surface area (Å²) in [4.78, 5) is 73.4. The van der Waals surface area contributed by atoms with Crippen molar-refractivity contribution in [3.8, 4) is 0 Å². The van der Waals surface area contributed by atoms with Crippen molar-refractivity contribution in [3.63, 3.8) is 0 Å². The maximum absolute atomic E-state index is 14.0. The Bertz CT molecular complexity index is 1080. The van der Waals surface area contributed by atoms with E-state index in [1.54, 1.807) is 62.4 Å². The van der Waals surface area contributed by atoms with Gasteiger partial charge in [0.1, 0.15) is 30.5 Å². The number of nitrogens with zero attached hydrogens (tertiary/aromatic N) is 3. The zero-order valence-corrected chi connectivity index (χ0v) is 31.5. The summed E-state index contributed by atoms with van der Waals surface area (Å²) in [6.07, 6.45) is -4.16. The Morgan fingerprint density at radius 1 is 0.617 bits per heavy atom. The van der Waals surface area contributed by atoms with Gasteiger partial charge in [0.15, 0.2) is 12.2 Å². The van der Waals surface area contributed by atoms with Gasteiger partial charge in [0, 0.05) is 14.1 Å². The van der Waals surface area contributed by atoms with Gasteiger partial charge in [0.2, 0.25) is 0 Å². The number of hydrogen-bond acceptors (Lipinski definition) is 10. The van der Waals surface area contributed by atoms with E-state index < -0.39 is 96.1 Å². The Morgan fingerprint density at radius 3 is 1.34 bits per heavy atom. The van der Waals surface area contributed by atoms with Gasteiger partial charge in [-0.25, -0.2) is 9.59 Å². The number of rotatable bonds is 8. The minimum atomic E-state index is -1.41. The first-order chi connectivity index (χ1) is 21.6. The van der Waals surface area contributed by atoms with Crippen LogP contribution in [0.5, 0.6) is 0 Å². The molecule has 47 heavy (non-hydrogen) atoms. The number of carbonyl (C=O) groups is 5. The van der Waals surface area contributed by atoms with Crippen molar-refractivity contribution in [2.75, 3.05) is 21.1 Å². The smallest absolute Gasteiger partial charge is 0.329 e. The minimum absolute atomic E-state index is 0.000453. The summed E-state index contributed by atoms with van der Waals surface area (Å²) in [5.74, 6) is -5.49. The van der Waals surface area contributed by atoms with E-state index in [0.29, 0.717) is 6.42 Å². The molecular formula is C35H63N3O9. The highest BCUT2D eigenvalue weighted by Gasteiger charge is 2.45. The van der Waals surface area contributed by atoms with Crippen molar-refractivity contribution < 1.29 is 43.3 Å². The summed E-state index contributed by atoms with van der Waals surface area (Å²) in [7, 11) is 4.48. The van der Waals surface area contributed by atoms with E-state index in [1.165, 1.54) is 28.8 Å². The van der Waals surface area contributed by atoms with Crippen LogP contribution in [0.1, 0.15) is 95.9 Å². The van der Waals surface area contributed by atoms with E-state index in [2.05, 4.69) is 0 Å². The number of ether oxygens (including phenoxy) is 3. The van der Waals surface area contributed by atoms with Crippen LogP contribution in [0.4, 0.5) is 0 Å². The monoisotopic (exact) mass is 669 g/mol. The first-order valence-electron chi connectivity index (χ1n) is 17.1. The minimum Gasteiger partial charge on any atom is -0.456 e. The lowest BCUT2D eigenvalue weighted by atomic mass is 9.96. The van der Waals surface area contributed by atoms with E-state index in [4.69, 9.17) is 14.2 Å². The van der Waals surface area contributed by atoms with Gasteiger partial charge in [-0.1, -0.05) is 83.1 Å². The van der Waals surface area contributed by atoms with Crippen molar-refractivity contribution in [1.82, 2.24) is 14.7 Å². The van der Waals surface area contributed by atoms with E-state index in [1.807, 2.05) is 27.7 Å². The molecule has 0 unspecified atom stereocenters. The predicted molar refractivity (Wildman–Crippen MR) is 179 cm³/mol. The molecule has 2 amide bonds. The highest BCUT2D eigenvalue weighted by Crippen LogP contribution is 2.27. The predicted octanol–water partition coefficient (Wildman–Crippen LogP) is 3.72. The number of aliphatic hydroxyl groups is 1. The SMILES string of the molecule is CC[C@H](C)[C@H]1OC(=O)[C@H](C(C)C)N(C)C(=O)[C@@H](C(C)C)OC(=O)[C@H](C(C)C)N(C)C(=O)[C@@H](C(C)C)OC(=O)[C@H](CC(C)C)N(C)[C@H]1O. The third-order valence-corrected chi connectivity index (χ3v) is 9.09. The molecule has 0 aliphatic carbocycles. The Hall–Kier alpha value is -2.73. The van der Waals surface area contributed by atoms with Gasteiger partial charge >= 0.3 is 17.9 Å². The fraction of sp³-hybridized carbons (Fsp3) is 0.857. The second kappa shape index (κ2) is 18.1. The van der Waals surface area contributed by atoms with E-state index in [0.717, 1.165) is 0 Å². The molecule has 0 aromatic heterocycles. The number of likely N-dealkylation sites (N-methyl/N-ethyl adjacent to an activating group) is 3. The van der Waals surface area contributed by atoms with Gasteiger partial charge in [0.25, 0.3) is 11.8 Å². The molecule has 1 aliphatic heterocycles. The van der Waals surface area contributed by atoms with Crippen LogP contribution >= 0.6 is 0 Å². The molecule has 8 atom stereocenters. The largest absolute Gasteiger partial charge is 0.456 e. The highest BCUT2D eigenvalue weighted by molar-refractivity contribution is 5.92. The van der Waals surface area contributed by atoms with Crippen molar-refractivity contribution in [2.45, 2.75) is 139 Å². The normalized spacial score (nSPS) is 29.4. The highest BCUT2D eigenvalue weighted by atomic mass is 16.6. The maximum Gasteiger partial charge on any atom is 0.329 e. The Balaban J connectivity index is 3.97. The molecule has 272 valence electrons. The van der Waals surface area contributed by atoms with Crippen LogP contribution in [-0.4, -0.2) is 113 Å². The second-order valence-corrected chi connectivity index (χ2v) is 15.0. The van der Waals surface area contributed by atoms with Gasteiger partial charge in [-0.2, -0.15) is 0 Å². The Kier molecular flexibility index (Phi) is 16.3. The van der Waals surface area contributed by atoms with Gasteiger partial charge < -0.3 is 29.1 Å². The molecular weight excluding hydrogens is 606 g/mol. The fourth-order valence-electron chi connectivity index (χ4n) is 5.97. The molecule has 1 N–H and O–H groups in total. The van der Waals surface area contributed by atoms with Crippen molar-refractivity contribution >= 4 is 29.7 Å². The standard InChI is InChI=1S/C35H63N3O9/c1-16-23(12)29-32(41)36(13)24(17-18(2)3)33(42)45-27(21(8)9)30(39)37(14)25(19(4)5)34(43)46-28(22(10)11)31(40)38(15)26(20(6)7)35(44)47-29/h18-29,32,41H,16-17H2,1-15H3/t23-,24-,25-,26-,27+,28+,29+,32-/m0/s1. The summed E-state index contributed by atoms with van der Waals surface area (Å²) < 4.78 is 17.8. The van der Waals surface area contributed by atoms with Crippen LogP contribution in [0.3, 0.4) is 0 Å². The van der Waals surface area contributed by atoms with Gasteiger partial charge in [-0.15, -0.1) is 0 Å². The topological polar surface area (TPSA) is 143 Å². The molecule has 1 rings (SSSR count). The fourth-order valence-corrected chi connectivity index (χ4v) is 5.97. The number of carbonyl (C=O) groups excluding carboxylic acids is 5. The van der Waals surface area contributed by atoms with Crippen LogP contribution in [-0.2, 0) is 38.2 Å². The summed E-state index contributed by atoms with van der Waals surface area (Å²) in [6.45, 7) is 21.6. The molecule has 0 aromatic rings. The molecule has 12 nitrogen and oxygen atoms in total. The lowest BCUT2D eigenvalue weighted by Gasteiger charge is -2.40. The molecule has 0 aromatic carbocycles. The lowest BCUT2D eigenvalue weighted by molar-refractivity contribution is -0.190. The summed E-state index contributed by atoms with van der Waals surface area (Å²) in [5, 5.41) is 11.7. The summed E-state index contributed by atoms with van der Waals surface area (Å²) in [6, 6.07) is -3.16. The van der Waals surface area contributed by atoms with Gasteiger partial charge in [-0.3, -0.25) is 19.3 Å². The molecule has 0 radical (unpaired) electrons. The van der Waals surface area contributed by atoms with E-state index in [-0.39, 0.29) is 18.3 Å². The Morgan fingerprint density at radius 2 is 1.00 bits per heavy atom. The van der Waals surface area contributed by atoms with Crippen LogP contribution in [0.25, 0.3) is 0 Å². The second-order valence-electron chi connectivity index (χ2n) is 15.0. The van der Waals surface area contributed by atoms with E-state index >= 15 is 0 Å². The van der Waals surface area contributed by atoms with E-state index in [9.17, 15) is 29.1 Å². The third kappa shape index (κ3) is 10.6. The molecule has 1 heterocycles. The molecule has 0 bridgehead atoms. The maximum atomic E-state index is 14.0. The molecule has 1 fully saturated rings. The number of cyclic esters (lactones) is 3. The number of aliphatic hydroxyl groups excluding tert-OH is 1. The van der Waals surface area contributed by atoms with Gasteiger partial charge in [0.05, 0.1) is 0 Å². The van der Waals surface area contributed by atoms with Crippen LogP contribution in [0, 0.1) is 35.5 Å². The average Bonchev–Trinajstić information content (AvgIpc) is 2.96.